The lowest BCUT2D eigenvalue weighted by Gasteiger charge is -2.28. The summed E-state index contributed by atoms with van der Waals surface area (Å²) >= 11 is 0. The third-order valence-corrected chi connectivity index (χ3v) is 6.13. The van der Waals surface area contributed by atoms with Crippen LogP contribution in [0.15, 0.2) is 60.3 Å². The first-order chi connectivity index (χ1) is 16.8. The summed E-state index contributed by atoms with van der Waals surface area (Å²) in [6.07, 6.45) is 9.49. The molecule has 1 atom stereocenters. The summed E-state index contributed by atoms with van der Waals surface area (Å²) in [4.78, 5) is 13.7. The molecule has 194 valence electrons. The van der Waals surface area contributed by atoms with E-state index in [-0.39, 0.29) is 5.78 Å². The summed E-state index contributed by atoms with van der Waals surface area (Å²) in [5, 5.41) is 0. The lowest BCUT2D eigenvalue weighted by atomic mass is 10.0. The lowest BCUT2D eigenvalue weighted by molar-refractivity contribution is -0.118. The Balaban J connectivity index is 0.000000278. The fourth-order valence-electron chi connectivity index (χ4n) is 3.95. The van der Waals surface area contributed by atoms with Crippen molar-refractivity contribution in [1.82, 2.24) is 4.90 Å². The Hall–Kier alpha value is -2.55. The first-order valence-corrected chi connectivity index (χ1v) is 13.5. The molecule has 0 N–H and O–H groups in total. The molecule has 1 aliphatic rings. The first kappa shape index (κ1) is 30.5. The second-order valence-electron chi connectivity index (χ2n) is 9.45. The first-order valence-electron chi connectivity index (χ1n) is 13.5. The van der Waals surface area contributed by atoms with E-state index in [0.29, 0.717) is 12.8 Å². The van der Waals surface area contributed by atoms with Crippen molar-refractivity contribution in [1.29, 1.82) is 0 Å². The summed E-state index contributed by atoms with van der Waals surface area (Å²) < 4.78 is 5.59. The number of rotatable bonds is 9. The molecular formula is C32H49NO2. The minimum absolute atomic E-state index is 0.279. The fourth-order valence-corrected chi connectivity index (χ4v) is 3.95. The molecule has 35 heavy (non-hydrogen) atoms. The summed E-state index contributed by atoms with van der Waals surface area (Å²) in [5.74, 6) is 2.00. The lowest BCUT2D eigenvalue weighted by Crippen LogP contribution is -2.24. The molecule has 0 spiro atoms. The van der Waals surface area contributed by atoms with Crippen LogP contribution in [0, 0.1) is 12.8 Å². The molecule has 3 heteroatoms. The van der Waals surface area contributed by atoms with Gasteiger partial charge in [-0.25, -0.2) is 0 Å². The molecule has 0 saturated carbocycles. The van der Waals surface area contributed by atoms with Gasteiger partial charge in [-0.3, -0.25) is 4.79 Å². The Morgan fingerprint density at radius 1 is 1.00 bits per heavy atom. The predicted octanol–water partition coefficient (Wildman–Crippen LogP) is 8.20. The molecule has 0 saturated heterocycles. The van der Waals surface area contributed by atoms with E-state index < -0.39 is 0 Å². The number of ketones is 1. The molecule has 0 amide bonds. The minimum atomic E-state index is 0.279. The maximum absolute atomic E-state index is 11.3. The van der Waals surface area contributed by atoms with Crippen LogP contribution in [0.4, 0.5) is 0 Å². The second-order valence-corrected chi connectivity index (χ2v) is 9.45. The summed E-state index contributed by atoms with van der Waals surface area (Å²) in [7, 11) is 2.18. The molecule has 1 aliphatic heterocycles. The van der Waals surface area contributed by atoms with Crippen LogP contribution in [0.25, 0.3) is 0 Å². The van der Waals surface area contributed by atoms with Crippen molar-refractivity contribution in [3.63, 3.8) is 0 Å². The predicted molar refractivity (Wildman–Crippen MR) is 151 cm³/mol. The molecule has 3 nitrogen and oxygen atoms in total. The summed E-state index contributed by atoms with van der Waals surface area (Å²) in [6, 6.07) is 16.6. The van der Waals surface area contributed by atoms with Gasteiger partial charge in [0, 0.05) is 32.1 Å². The van der Waals surface area contributed by atoms with Gasteiger partial charge < -0.3 is 9.64 Å². The highest BCUT2D eigenvalue weighted by atomic mass is 16.5. The smallest absolute Gasteiger partial charge is 0.136 e. The number of aryl methyl sites for hydroxylation is 2. The van der Waals surface area contributed by atoms with Crippen LogP contribution in [0.5, 0.6) is 5.75 Å². The highest BCUT2D eigenvalue weighted by Gasteiger charge is 2.11. The van der Waals surface area contributed by atoms with Crippen molar-refractivity contribution < 1.29 is 9.53 Å². The van der Waals surface area contributed by atoms with Crippen LogP contribution in [0.3, 0.4) is 0 Å². The number of Topliss-reactive ketones (excluding diaryl/α,β-unsaturated/α-hetero) is 1. The van der Waals surface area contributed by atoms with Gasteiger partial charge in [-0.15, -0.1) is 0 Å². The molecular weight excluding hydrogens is 430 g/mol. The molecule has 3 rings (SSSR count). The Labute approximate surface area is 215 Å². The Kier molecular flexibility index (Phi) is 15.5. The number of allylic oxidation sites excluding steroid dienone is 2. The maximum atomic E-state index is 11.3. The van der Waals surface area contributed by atoms with Gasteiger partial charge >= 0.3 is 0 Å². The molecule has 0 aromatic heterocycles. The number of hydrogen-bond donors (Lipinski definition) is 0. The number of carbonyl (C=O) groups is 1. The zero-order chi connectivity index (χ0) is 26.1. The van der Waals surface area contributed by atoms with E-state index in [2.05, 4.69) is 76.1 Å². The Morgan fingerprint density at radius 2 is 1.71 bits per heavy atom. The molecule has 0 radical (unpaired) electrons. The number of nitrogens with zero attached hydrogens (tertiary/aromatic N) is 1. The van der Waals surface area contributed by atoms with Gasteiger partial charge in [0.05, 0.1) is 6.61 Å². The van der Waals surface area contributed by atoms with E-state index in [1.54, 1.807) is 0 Å². The third-order valence-electron chi connectivity index (χ3n) is 6.13. The number of ether oxygens (including phenoxy) is 1. The number of hydrogen-bond acceptors (Lipinski definition) is 3. The topological polar surface area (TPSA) is 29.5 Å². The van der Waals surface area contributed by atoms with Gasteiger partial charge in [-0.2, -0.15) is 0 Å². The minimum Gasteiger partial charge on any atom is -0.493 e. The highest BCUT2D eigenvalue weighted by molar-refractivity contribution is 5.80. The maximum Gasteiger partial charge on any atom is 0.136 e. The van der Waals surface area contributed by atoms with E-state index in [1.807, 2.05) is 32.0 Å². The SMILES string of the molecule is CCC1=CC(C)CCN1C.CCCOc1ccc(CC(=O)CC)cc1C.CCCc1ccccc1. The quantitative estimate of drug-likeness (QED) is 0.363. The van der Waals surface area contributed by atoms with E-state index in [4.69, 9.17) is 4.74 Å². The normalized spacial score (nSPS) is 14.7. The van der Waals surface area contributed by atoms with E-state index >= 15 is 0 Å². The van der Waals surface area contributed by atoms with Gasteiger partial charge in [-0.05, 0) is 61.3 Å². The Morgan fingerprint density at radius 3 is 2.26 bits per heavy atom. The summed E-state index contributed by atoms with van der Waals surface area (Å²) in [6.45, 7) is 14.7. The second kappa shape index (κ2) is 17.8. The van der Waals surface area contributed by atoms with Crippen molar-refractivity contribution in [2.24, 2.45) is 5.92 Å². The zero-order valence-electron chi connectivity index (χ0n) is 23.4. The summed E-state index contributed by atoms with van der Waals surface area (Å²) in [5.41, 5.74) is 5.14. The Bertz CT molecular complexity index is 872. The highest BCUT2D eigenvalue weighted by Crippen LogP contribution is 2.20. The monoisotopic (exact) mass is 479 g/mol. The van der Waals surface area contributed by atoms with Crippen molar-refractivity contribution in [2.75, 3.05) is 20.2 Å². The van der Waals surface area contributed by atoms with Crippen LogP contribution in [0.1, 0.15) is 83.4 Å². The molecule has 1 unspecified atom stereocenters. The largest absolute Gasteiger partial charge is 0.493 e. The van der Waals surface area contributed by atoms with E-state index in [1.165, 1.54) is 43.5 Å². The van der Waals surface area contributed by atoms with Crippen molar-refractivity contribution >= 4 is 5.78 Å². The standard InChI is InChI=1S/C14H20O2.C9H17N.C9H12/c1-4-8-16-14-7-6-12(9-11(14)3)10-13(15)5-2;1-4-9-7-8(2)5-6-10(9)3;1-2-6-9-7-4-3-5-8-9/h6-7,9H,4-5,8,10H2,1-3H3;7-8H,4-6H2,1-3H3;3-5,7-8H,2,6H2,1H3. The van der Waals surface area contributed by atoms with Crippen LogP contribution in [-0.4, -0.2) is 30.9 Å². The van der Waals surface area contributed by atoms with Crippen LogP contribution in [-0.2, 0) is 17.6 Å². The molecule has 0 aliphatic carbocycles. The molecule has 0 bridgehead atoms. The van der Waals surface area contributed by atoms with Crippen LogP contribution in [0.2, 0.25) is 0 Å². The average Bonchev–Trinajstić information content (AvgIpc) is 2.86. The third kappa shape index (κ3) is 12.6. The van der Waals surface area contributed by atoms with Crippen molar-refractivity contribution in [3.8, 4) is 5.75 Å². The van der Waals surface area contributed by atoms with Crippen molar-refractivity contribution in [2.45, 2.75) is 86.5 Å². The molecule has 0 fully saturated rings. The van der Waals surface area contributed by atoms with Gasteiger partial charge in [0.15, 0.2) is 0 Å². The van der Waals surface area contributed by atoms with Crippen LogP contribution >= 0.6 is 0 Å². The van der Waals surface area contributed by atoms with E-state index in [9.17, 15) is 4.79 Å². The number of carbonyl (C=O) groups excluding carboxylic acids is 1. The van der Waals surface area contributed by atoms with E-state index in [0.717, 1.165) is 35.8 Å². The fraction of sp³-hybridized carbons (Fsp3) is 0.531. The van der Waals surface area contributed by atoms with Gasteiger partial charge in [0.25, 0.3) is 0 Å². The average molecular weight is 480 g/mol. The molecule has 2 aromatic carbocycles. The molecule has 1 heterocycles. The van der Waals surface area contributed by atoms with Crippen molar-refractivity contribution in [3.05, 3.63) is 77.0 Å². The number of benzene rings is 2. The van der Waals surface area contributed by atoms with Gasteiger partial charge in [0.1, 0.15) is 11.5 Å². The van der Waals surface area contributed by atoms with Gasteiger partial charge in [-0.1, -0.05) is 89.6 Å². The van der Waals surface area contributed by atoms with Gasteiger partial charge in [0.2, 0.25) is 0 Å². The zero-order valence-corrected chi connectivity index (χ0v) is 23.4. The van der Waals surface area contributed by atoms with Crippen LogP contribution < -0.4 is 4.74 Å². The molecule has 2 aromatic rings.